The highest BCUT2D eigenvalue weighted by Gasteiger charge is 2.23. The van der Waals surface area contributed by atoms with Gasteiger partial charge in [-0.3, -0.25) is 9.78 Å². The van der Waals surface area contributed by atoms with Crippen molar-refractivity contribution in [1.82, 2.24) is 9.88 Å². The van der Waals surface area contributed by atoms with Crippen LogP contribution in [0.15, 0.2) is 42.6 Å². The molecule has 4 nitrogen and oxygen atoms in total. The maximum Gasteiger partial charge on any atom is 0.257 e. The molecule has 1 saturated heterocycles. The lowest BCUT2D eigenvalue weighted by molar-refractivity contribution is 0.0773. The molecule has 0 spiro atoms. The number of nitrogens with zero attached hydrogens (tertiary/aromatic N) is 2. The van der Waals surface area contributed by atoms with Gasteiger partial charge in [0.1, 0.15) is 0 Å². The highest BCUT2D eigenvalue weighted by molar-refractivity contribution is 7.99. The number of carbonyl (C=O) groups is 1. The lowest BCUT2D eigenvalue weighted by atomic mass is 10.1. The molecule has 3 aromatic rings. The van der Waals surface area contributed by atoms with Crippen LogP contribution in [0.5, 0.6) is 0 Å². The zero-order chi connectivity index (χ0) is 19.7. The van der Waals surface area contributed by atoms with Gasteiger partial charge in [-0.15, -0.1) is 0 Å². The number of hydrogen-bond donors (Lipinski definition) is 1. The number of halogens is 3. The summed E-state index contributed by atoms with van der Waals surface area (Å²) in [4.78, 5) is 19.6. The molecule has 0 aliphatic carbocycles. The maximum atomic E-state index is 13.2. The first-order valence-corrected chi connectivity index (χ1v) is 11.0. The van der Waals surface area contributed by atoms with E-state index in [2.05, 4.69) is 10.3 Å². The second-order valence-corrected chi connectivity index (χ2v) is 8.84. The Bertz CT molecular complexity index is 1050. The Labute approximate surface area is 182 Å². The van der Waals surface area contributed by atoms with Crippen molar-refractivity contribution in [2.45, 2.75) is 0 Å². The molecule has 0 atom stereocenters. The van der Waals surface area contributed by atoms with E-state index >= 15 is 0 Å². The van der Waals surface area contributed by atoms with Crippen molar-refractivity contribution in [3.05, 3.63) is 63.2 Å². The fourth-order valence-electron chi connectivity index (χ4n) is 3.12. The summed E-state index contributed by atoms with van der Waals surface area (Å²) in [5.74, 6) is 1.83. The Balaban J connectivity index is 1.83. The average Bonchev–Trinajstić information content (AvgIpc) is 2.71. The lowest BCUT2D eigenvalue weighted by Gasteiger charge is -2.27. The van der Waals surface area contributed by atoms with Gasteiger partial charge in [-0.05, 0) is 36.4 Å². The molecule has 1 amide bonds. The van der Waals surface area contributed by atoms with E-state index in [1.165, 1.54) is 0 Å². The van der Waals surface area contributed by atoms with Crippen LogP contribution in [-0.2, 0) is 0 Å². The second kappa shape index (κ2) is 8.37. The van der Waals surface area contributed by atoms with Gasteiger partial charge < -0.3 is 10.2 Å². The molecular weight excluding hydrogens is 437 g/mol. The van der Waals surface area contributed by atoms with Crippen molar-refractivity contribution in [1.29, 1.82) is 0 Å². The van der Waals surface area contributed by atoms with Crippen LogP contribution in [0.25, 0.3) is 10.9 Å². The number of fused-ring (bicyclic) bond motifs is 1. The van der Waals surface area contributed by atoms with Crippen molar-refractivity contribution >= 4 is 74.7 Å². The van der Waals surface area contributed by atoms with E-state index in [9.17, 15) is 4.79 Å². The van der Waals surface area contributed by atoms with Crippen LogP contribution >= 0.6 is 46.6 Å². The van der Waals surface area contributed by atoms with Gasteiger partial charge in [0.15, 0.2) is 0 Å². The van der Waals surface area contributed by atoms with Crippen molar-refractivity contribution in [3.63, 3.8) is 0 Å². The van der Waals surface area contributed by atoms with Gasteiger partial charge >= 0.3 is 0 Å². The highest BCUT2D eigenvalue weighted by Crippen LogP contribution is 2.34. The van der Waals surface area contributed by atoms with Crippen LogP contribution < -0.4 is 5.32 Å². The van der Waals surface area contributed by atoms with Crippen molar-refractivity contribution in [2.75, 3.05) is 29.9 Å². The van der Waals surface area contributed by atoms with Gasteiger partial charge in [0, 0.05) is 46.9 Å². The molecule has 1 aliphatic rings. The van der Waals surface area contributed by atoms with E-state index in [1.807, 2.05) is 34.9 Å². The van der Waals surface area contributed by atoms with Crippen LogP contribution in [-0.4, -0.2) is 40.4 Å². The number of amides is 1. The van der Waals surface area contributed by atoms with Gasteiger partial charge in [-0.1, -0.05) is 34.8 Å². The number of rotatable bonds is 3. The zero-order valence-corrected chi connectivity index (χ0v) is 17.8. The Morgan fingerprint density at radius 2 is 1.82 bits per heavy atom. The molecule has 2 heterocycles. The molecule has 28 heavy (non-hydrogen) atoms. The third kappa shape index (κ3) is 4.03. The number of pyridine rings is 1. The monoisotopic (exact) mass is 451 g/mol. The Morgan fingerprint density at radius 1 is 1.04 bits per heavy atom. The Morgan fingerprint density at radius 3 is 2.57 bits per heavy atom. The number of carbonyl (C=O) groups excluding carboxylic acids is 1. The fourth-order valence-corrected chi connectivity index (χ4v) is 4.49. The van der Waals surface area contributed by atoms with Crippen LogP contribution in [0, 0.1) is 0 Å². The smallest absolute Gasteiger partial charge is 0.257 e. The third-order valence-electron chi connectivity index (χ3n) is 4.55. The van der Waals surface area contributed by atoms with Crippen LogP contribution in [0.4, 0.5) is 11.4 Å². The Kier molecular flexibility index (Phi) is 5.88. The number of nitrogens with one attached hydrogen (secondary N) is 1. The standard InChI is InChI=1S/C20H16Cl3N3OS/c21-12-1-4-18-14(9-12)19(25-13-2-3-16(22)17(23)10-13)15(11-24-18)20(27)26-5-7-28-8-6-26/h1-4,9-11H,5-8H2,(H,24,25). The molecule has 4 rings (SSSR count). The van der Waals surface area contributed by atoms with Gasteiger partial charge in [-0.25, -0.2) is 0 Å². The number of hydrogen-bond acceptors (Lipinski definition) is 4. The predicted molar refractivity (Wildman–Crippen MR) is 120 cm³/mol. The molecule has 1 aliphatic heterocycles. The van der Waals surface area contributed by atoms with Crippen LogP contribution in [0.1, 0.15) is 10.4 Å². The predicted octanol–water partition coefficient (Wildman–Crippen LogP) is 6.13. The summed E-state index contributed by atoms with van der Waals surface area (Å²) in [6, 6.07) is 10.7. The quantitative estimate of drug-likeness (QED) is 0.519. The number of thioether (sulfide) groups is 1. The van der Waals surface area contributed by atoms with Crippen LogP contribution in [0.3, 0.4) is 0 Å². The molecule has 0 radical (unpaired) electrons. The SMILES string of the molecule is O=C(c1cnc2ccc(Cl)cc2c1Nc1ccc(Cl)c(Cl)c1)N1CCSCC1. The topological polar surface area (TPSA) is 45.2 Å². The molecule has 2 aromatic carbocycles. The van der Waals surface area contributed by atoms with E-state index in [0.717, 1.165) is 41.2 Å². The molecule has 0 unspecified atom stereocenters. The molecule has 1 fully saturated rings. The molecule has 144 valence electrons. The summed E-state index contributed by atoms with van der Waals surface area (Å²) in [7, 11) is 0. The molecule has 1 N–H and O–H groups in total. The summed E-state index contributed by atoms with van der Waals surface area (Å²) in [6.45, 7) is 1.45. The highest BCUT2D eigenvalue weighted by atomic mass is 35.5. The minimum absolute atomic E-state index is 0.0442. The van der Waals surface area contributed by atoms with E-state index in [0.29, 0.717) is 26.3 Å². The van der Waals surface area contributed by atoms with Crippen molar-refractivity contribution in [3.8, 4) is 0 Å². The first-order chi connectivity index (χ1) is 13.5. The van der Waals surface area contributed by atoms with E-state index in [-0.39, 0.29) is 5.91 Å². The fraction of sp³-hybridized carbons (Fsp3) is 0.200. The molecular formula is C20H16Cl3N3OS. The summed E-state index contributed by atoms with van der Waals surface area (Å²) in [5.41, 5.74) is 2.64. The molecule has 8 heteroatoms. The number of aromatic nitrogens is 1. The average molecular weight is 453 g/mol. The van der Waals surface area contributed by atoms with E-state index in [4.69, 9.17) is 34.8 Å². The summed E-state index contributed by atoms with van der Waals surface area (Å²) in [6.07, 6.45) is 1.63. The largest absolute Gasteiger partial charge is 0.354 e. The van der Waals surface area contributed by atoms with Crippen LogP contribution in [0.2, 0.25) is 15.1 Å². The van der Waals surface area contributed by atoms with E-state index < -0.39 is 0 Å². The number of anilines is 2. The third-order valence-corrected chi connectivity index (χ3v) is 6.46. The van der Waals surface area contributed by atoms with Gasteiger partial charge in [0.2, 0.25) is 0 Å². The Hall–Kier alpha value is -1.66. The van der Waals surface area contributed by atoms with E-state index in [1.54, 1.807) is 24.4 Å². The van der Waals surface area contributed by atoms with Crippen molar-refractivity contribution in [2.24, 2.45) is 0 Å². The lowest BCUT2D eigenvalue weighted by Crippen LogP contribution is -2.38. The van der Waals surface area contributed by atoms with Gasteiger partial charge in [0.25, 0.3) is 5.91 Å². The minimum Gasteiger partial charge on any atom is -0.354 e. The first-order valence-electron chi connectivity index (χ1n) is 8.70. The second-order valence-electron chi connectivity index (χ2n) is 6.37. The summed E-state index contributed by atoms with van der Waals surface area (Å²) >= 11 is 20.3. The van der Waals surface area contributed by atoms with Gasteiger partial charge in [0.05, 0.1) is 26.8 Å². The summed E-state index contributed by atoms with van der Waals surface area (Å²) < 4.78 is 0. The molecule has 1 aromatic heterocycles. The first kappa shape index (κ1) is 19.6. The maximum absolute atomic E-state index is 13.2. The zero-order valence-electron chi connectivity index (χ0n) is 14.7. The van der Waals surface area contributed by atoms with Crippen molar-refractivity contribution < 1.29 is 4.79 Å². The summed E-state index contributed by atoms with van der Waals surface area (Å²) in [5, 5.41) is 5.59. The normalized spacial score (nSPS) is 14.3. The van der Waals surface area contributed by atoms with Gasteiger partial charge in [-0.2, -0.15) is 11.8 Å². The molecule has 0 bridgehead atoms. The minimum atomic E-state index is -0.0442. The molecule has 0 saturated carbocycles. The number of benzene rings is 2.